The van der Waals surface area contributed by atoms with Crippen LogP contribution in [0.1, 0.15) is 42.1 Å². The predicted octanol–water partition coefficient (Wildman–Crippen LogP) is 3.17. The Morgan fingerprint density at radius 3 is 2.65 bits per heavy atom. The number of hydrogen-bond acceptors (Lipinski definition) is 4. The number of nitrogens with zero attached hydrogens (tertiary/aromatic N) is 1. The zero-order valence-electron chi connectivity index (χ0n) is 15.2. The lowest BCUT2D eigenvalue weighted by atomic mass is 10.0. The normalized spacial score (nSPS) is 18.7. The molecule has 4 nitrogen and oxygen atoms in total. The van der Waals surface area contributed by atoms with Crippen molar-refractivity contribution in [3.63, 3.8) is 0 Å². The highest BCUT2D eigenvalue weighted by atomic mass is 16.3. The Hall–Kier alpha value is -2.04. The van der Waals surface area contributed by atoms with Crippen molar-refractivity contribution in [2.75, 3.05) is 24.5 Å². The number of aliphatic hydroxyl groups excluding tert-OH is 1. The molecule has 138 valence electrons. The Labute approximate surface area is 155 Å². The van der Waals surface area contributed by atoms with E-state index in [0.29, 0.717) is 12.6 Å². The van der Waals surface area contributed by atoms with Crippen molar-refractivity contribution in [1.82, 2.24) is 5.32 Å². The van der Waals surface area contributed by atoms with E-state index in [-0.39, 0.29) is 5.75 Å². The van der Waals surface area contributed by atoms with Gasteiger partial charge in [0, 0.05) is 31.4 Å². The van der Waals surface area contributed by atoms with Crippen molar-refractivity contribution in [3.8, 4) is 5.75 Å². The number of phenolic OH excluding ortho intramolecular Hbond substituents is 1. The van der Waals surface area contributed by atoms with E-state index in [0.717, 1.165) is 31.5 Å². The van der Waals surface area contributed by atoms with E-state index in [2.05, 4.69) is 28.4 Å². The van der Waals surface area contributed by atoms with Crippen LogP contribution in [0.5, 0.6) is 5.75 Å². The fraction of sp³-hybridized carbons (Fsp3) is 0.455. The molecule has 1 aliphatic heterocycles. The van der Waals surface area contributed by atoms with E-state index < -0.39 is 6.10 Å². The summed E-state index contributed by atoms with van der Waals surface area (Å²) in [7, 11) is 0. The molecule has 4 heteroatoms. The van der Waals surface area contributed by atoms with Gasteiger partial charge in [0.2, 0.25) is 0 Å². The second-order valence-corrected chi connectivity index (χ2v) is 7.59. The van der Waals surface area contributed by atoms with Crippen molar-refractivity contribution in [2.24, 2.45) is 0 Å². The largest absolute Gasteiger partial charge is 0.508 e. The number of benzene rings is 2. The molecule has 1 unspecified atom stereocenters. The fourth-order valence-corrected chi connectivity index (χ4v) is 4.22. The van der Waals surface area contributed by atoms with Crippen molar-refractivity contribution < 1.29 is 10.2 Å². The smallest absolute Gasteiger partial charge is 0.115 e. The summed E-state index contributed by atoms with van der Waals surface area (Å²) in [4.78, 5) is 2.49. The summed E-state index contributed by atoms with van der Waals surface area (Å²) >= 11 is 0. The molecule has 0 spiro atoms. The molecule has 0 aromatic heterocycles. The molecule has 26 heavy (non-hydrogen) atoms. The van der Waals surface area contributed by atoms with Crippen LogP contribution in [0.4, 0.5) is 5.69 Å². The lowest BCUT2D eigenvalue weighted by Crippen LogP contribution is -2.43. The highest BCUT2D eigenvalue weighted by molar-refractivity contribution is 5.52. The van der Waals surface area contributed by atoms with Gasteiger partial charge in [0.25, 0.3) is 0 Å². The minimum atomic E-state index is -0.586. The van der Waals surface area contributed by atoms with Crippen LogP contribution < -0.4 is 10.2 Å². The minimum absolute atomic E-state index is 0.198. The quantitative estimate of drug-likeness (QED) is 0.774. The molecule has 4 rings (SSSR count). The maximum absolute atomic E-state index is 10.3. The summed E-state index contributed by atoms with van der Waals surface area (Å²) in [5.41, 5.74) is 5.19. The highest BCUT2D eigenvalue weighted by Crippen LogP contribution is 2.28. The minimum Gasteiger partial charge on any atom is -0.508 e. The van der Waals surface area contributed by atoms with Gasteiger partial charge in [-0.3, -0.25) is 0 Å². The molecule has 0 saturated carbocycles. The molecule has 1 fully saturated rings. The third-order valence-electron chi connectivity index (χ3n) is 5.80. The van der Waals surface area contributed by atoms with E-state index in [1.54, 1.807) is 18.2 Å². The van der Waals surface area contributed by atoms with Crippen LogP contribution in [0.3, 0.4) is 0 Å². The average Bonchev–Trinajstić information content (AvgIpc) is 3.14. The number of fused-ring (bicyclic) bond motifs is 1. The fourth-order valence-electron chi connectivity index (χ4n) is 4.22. The summed E-state index contributed by atoms with van der Waals surface area (Å²) < 4.78 is 0. The van der Waals surface area contributed by atoms with Crippen LogP contribution in [-0.4, -0.2) is 35.9 Å². The van der Waals surface area contributed by atoms with Crippen LogP contribution in [0, 0.1) is 0 Å². The van der Waals surface area contributed by atoms with E-state index in [9.17, 15) is 10.2 Å². The summed E-state index contributed by atoms with van der Waals surface area (Å²) in [6.45, 7) is 2.63. The Bertz CT molecular complexity index is 754. The van der Waals surface area contributed by atoms with Crippen molar-refractivity contribution in [1.29, 1.82) is 0 Å². The number of hydrogen-bond donors (Lipinski definition) is 3. The number of nitrogens with one attached hydrogen (secondary N) is 1. The van der Waals surface area contributed by atoms with Gasteiger partial charge in [-0.1, -0.05) is 18.2 Å². The molecule has 1 atom stereocenters. The number of aromatic hydroxyl groups is 1. The molecule has 0 bridgehead atoms. The topological polar surface area (TPSA) is 55.7 Å². The van der Waals surface area contributed by atoms with Gasteiger partial charge in [0.15, 0.2) is 0 Å². The predicted molar refractivity (Wildman–Crippen MR) is 105 cm³/mol. The van der Waals surface area contributed by atoms with Gasteiger partial charge in [-0.25, -0.2) is 0 Å². The molecule has 1 heterocycles. The van der Waals surface area contributed by atoms with Crippen molar-refractivity contribution >= 4 is 5.69 Å². The van der Waals surface area contributed by atoms with Gasteiger partial charge in [0.1, 0.15) is 5.75 Å². The van der Waals surface area contributed by atoms with Crippen LogP contribution in [0.15, 0.2) is 42.5 Å². The van der Waals surface area contributed by atoms with Crippen LogP contribution in [-0.2, 0) is 12.8 Å². The average molecular weight is 352 g/mol. The van der Waals surface area contributed by atoms with Gasteiger partial charge < -0.3 is 20.4 Å². The summed E-state index contributed by atoms with van der Waals surface area (Å²) in [6.07, 6.45) is 5.36. The molecule has 1 saturated heterocycles. The SMILES string of the molecule is Oc1cccc(C(O)CNC2CCN(c3ccc4c(c3)CCC4)CC2)c1. The van der Waals surface area contributed by atoms with Gasteiger partial charge in [-0.15, -0.1) is 0 Å². The van der Waals surface area contributed by atoms with Gasteiger partial charge in [-0.05, 0) is 73.1 Å². The molecule has 2 aliphatic rings. The molecule has 2 aromatic rings. The molecule has 2 aromatic carbocycles. The molecular weight excluding hydrogens is 324 g/mol. The molecule has 0 amide bonds. The van der Waals surface area contributed by atoms with Gasteiger partial charge in [0.05, 0.1) is 6.10 Å². The monoisotopic (exact) mass is 352 g/mol. The number of rotatable bonds is 5. The zero-order valence-corrected chi connectivity index (χ0v) is 15.2. The van der Waals surface area contributed by atoms with Crippen LogP contribution >= 0.6 is 0 Å². The number of aryl methyl sites for hydroxylation is 2. The molecule has 0 radical (unpaired) electrons. The summed E-state index contributed by atoms with van der Waals surface area (Å²) in [5.74, 6) is 0.198. The second kappa shape index (κ2) is 7.68. The number of anilines is 1. The standard InChI is InChI=1S/C22H28N2O2/c25-21-6-2-5-18(14-21)22(26)15-23-19-9-11-24(12-10-19)20-8-7-16-3-1-4-17(16)13-20/h2,5-8,13-14,19,22-23,25-26H,1,3-4,9-12,15H2. The Morgan fingerprint density at radius 2 is 1.85 bits per heavy atom. The third-order valence-corrected chi connectivity index (χ3v) is 5.80. The third kappa shape index (κ3) is 3.87. The maximum Gasteiger partial charge on any atom is 0.115 e. The first kappa shape index (κ1) is 17.4. The van der Waals surface area contributed by atoms with Gasteiger partial charge >= 0.3 is 0 Å². The number of phenols is 1. The number of aliphatic hydroxyl groups is 1. The summed E-state index contributed by atoms with van der Waals surface area (Å²) in [5, 5.41) is 23.3. The molecule has 1 aliphatic carbocycles. The van der Waals surface area contributed by atoms with E-state index in [1.165, 1.54) is 36.1 Å². The van der Waals surface area contributed by atoms with E-state index in [1.807, 2.05) is 6.07 Å². The number of piperidine rings is 1. The Kier molecular flexibility index (Phi) is 5.14. The Morgan fingerprint density at radius 1 is 1.04 bits per heavy atom. The second-order valence-electron chi connectivity index (χ2n) is 7.59. The molecular formula is C22H28N2O2. The van der Waals surface area contributed by atoms with Crippen molar-refractivity contribution in [2.45, 2.75) is 44.2 Å². The first-order chi connectivity index (χ1) is 12.7. The van der Waals surface area contributed by atoms with Gasteiger partial charge in [-0.2, -0.15) is 0 Å². The first-order valence-electron chi connectivity index (χ1n) is 9.76. The molecule has 3 N–H and O–H groups in total. The lowest BCUT2D eigenvalue weighted by Gasteiger charge is -2.34. The zero-order chi connectivity index (χ0) is 17.9. The highest BCUT2D eigenvalue weighted by Gasteiger charge is 2.21. The lowest BCUT2D eigenvalue weighted by molar-refractivity contribution is 0.167. The van der Waals surface area contributed by atoms with E-state index >= 15 is 0 Å². The van der Waals surface area contributed by atoms with Crippen LogP contribution in [0.2, 0.25) is 0 Å². The Balaban J connectivity index is 1.27. The summed E-state index contributed by atoms with van der Waals surface area (Å²) in [6, 6.07) is 14.3. The van der Waals surface area contributed by atoms with Crippen molar-refractivity contribution in [3.05, 3.63) is 59.2 Å². The van der Waals surface area contributed by atoms with E-state index in [4.69, 9.17) is 0 Å². The first-order valence-corrected chi connectivity index (χ1v) is 9.76. The van der Waals surface area contributed by atoms with Crippen LogP contribution in [0.25, 0.3) is 0 Å². The maximum atomic E-state index is 10.3.